The van der Waals surface area contributed by atoms with Gasteiger partial charge in [0.1, 0.15) is 0 Å². The zero-order valence-electron chi connectivity index (χ0n) is 7.64. The van der Waals surface area contributed by atoms with Crippen LogP contribution in [0.25, 0.3) is 0 Å². The van der Waals surface area contributed by atoms with E-state index in [0.717, 1.165) is 15.5 Å². The van der Waals surface area contributed by atoms with Gasteiger partial charge in [0.05, 0.1) is 13.3 Å². The van der Waals surface area contributed by atoms with Gasteiger partial charge in [-0.25, -0.2) is 16.7 Å². The van der Waals surface area contributed by atoms with Gasteiger partial charge >= 0.3 is 0 Å². The number of nitrogens with one attached hydrogen (secondary N) is 4. The summed E-state index contributed by atoms with van der Waals surface area (Å²) in [6.45, 7) is 0.387. The fraction of sp³-hybridized carbons (Fsp3) is 1.00. The van der Waals surface area contributed by atoms with E-state index in [1.165, 1.54) is 0 Å². The smallest absolute Gasteiger partial charge is 0.0948 e. The van der Waals surface area contributed by atoms with Crippen LogP contribution in [0.15, 0.2) is 0 Å². The van der Waals surface area contributed by atoms with Crippen LogP contribution in [-0.4, -0.2) is 28.8 Å². The van der Waals surface area contributed by atoms with Gasteiger partial charge in [0.2, 0.25) is 0 Å². The van der Waals surface area contributed by atoms with E-state index in [0.29, 0.717) is 0 Å². The van der Waals surface area contributed by atoms with Crippen LogP contribution in [-0.2, 0) is 0 Å². The fourth-order valence-electron chi connectivity index (χ4n) is 0.466. The van der Waals surface area contributed by atoms with E-state index in [1.807, 2.05) is 0 Å². The van der Waals surface area contributed by atoms with Gasteiger partial charge in [-0.1, -0.05) is 5.23 Å². The highest BCUT2D eigenvalue weighted by Gasteiger charge is 1.98. The van der Waals surface area contributed by atoms with Gasteiger partial charge in [0, 0.05) is 0 Å². The zero-order chi connectivity index (χ0) is 11.0. The fourth-order valence-corrected chi connectivity index (χ4v) is 0.466. The van der Waals surface area contributed by atoms with Gasteiger partial charge in [-0.05, 0) is 0 Å². The van der Waals surface area contributed by atoms with Crippen molar-refractivity contribution in [3.05, 3.63) is 0 Å². The third kappa shape index (κ3) is 8.13. The first kappa shape index (κ1) is 13.5. The van der Waals surface area contributed by atoms with Crippen LogP contribution in [0, 0.1) is 0 Å². The molecule has 0 unspecified atom stereocenters. The van der Waals surface area contributed by atoms with Crippen molar-refractivity contribution in [1.29, 1.82) is 0 Å². The number of hydrogen-bond donors (Lipinski definition) is 9. The molecule has 0 fully saturated rings. The second-order valence-corrected chi connectivity index (χ2v) is 2.25. The maximum absolute atomic E-state index is 5.41. The summed E-state index contributed by atoms with van der Waals surface area (Å²) < 4.78 is 0. The molecule has 0 aliphatic rings. The molecular formula is C2H18N12. The average molecular weight is 210 g/mol. The molecule has 0 amide bonds. The van der Waals surface area contributed by atoms with Gasteiger partial charge in [-0.2, -0.15) is 21.3 Å². The number of nitrogens with zero attached hydrogens (tertiary/aromatic N) is 3. The van der Waals surface area contributed by atoms with E-state index in [2.05, 4.69) is 21.9 Å². The summed E-state index contributed by atoms with van der Waals surface area (Å²) in [6, 6.07) is 0. The minimum atomic E-state index is 0.183. The van der Waals surface area contributed by atoms with Crippen LogP contribution in [0.5, 0.6) is 0 Å². The maximum Gasteiger partial charge on any atom is 0.0948 e. The molecule has 0 saturated heterocycles. The molecular weight excluding hydrogens is 192 g/mol. The predicted octanol–water partition coefficient (Wildman–Crippen LogP) is -5.81. The molecule has 0 saturated carbocycles. The summed E-state index contributed by atoms with van der Waals surface area (Å²) in [4.78, 5) is 0. The second kappa shape index (κ2) is 7.88. The zero-order valence-corrected chi connectivity index (χ0v) is 7.64. The molecule has 12 nitrogen and oxygen atoms in total. The molecule has 14 heavy (non-hydrogen) atoms. The molecule has 14 N–H and O–H groups in total. The van der Waals surface area contributed by atoms with Crippen molar-refractivity contribution >= 4 is 0 Å². The highest BCUT2D eigenvalue weighted by molar-refractivity contribution is 4.33. The molecule has 86 valence electrons. The van der Waals surface area contributed by atoms with Gasteiger partial charge in [0.15, 0.2) is 0 Å². The molecule has 0 spiro atoms. The van der Waals surface area contributed by atoms with Crippen molar-refractivity contribution in [2.75, 3.05) is 13.3 Å². The van der Waals surface area contributed by atoms with Crippen molar-refractivity contribution in [3.63, 3.8) is 0 Å². The molecule has 0 bridgehead atoms. The molecule has 0 rings (SSSR count). The van der Waals surface area contributed by atoms with Crippen molar-refractivity contribution in [2.45, 2.75) is 0 Å². The third-order valence-electron chi connectivity index (χ3n) is 1.03. The lowest BCUT2D eigenvalue weighted by Crippen LogP contribution is -2.63. The van der Waals surface area contributed by atoms with Gasteiger partial charge in [-0.15, -0.1) is 0 Å². The van der Waals surface area contributed by atoms with E-state index in [1.54, 1.807) is 0 Å². The second-order valence-electron chi connectivity index (χ2n) is 2.25. The lowest BCUT2D eigenvalue weighted by molar-refractivity contribution is 0.0393. The SMILES string of the molecule is NNN(N)NCN(N)NNCN(N)N. The van der Waals surface area contributed by atoms with E-state index >= 15 is 0 Å². The van der Waals surface area contributed by atoms with Crippen molar-refractivity contribution in [3.8, 4) is 0 Å². The Labute approximate surface area is 81.0 Å². The summed E-state index contributed by atoms with van der Waals surface area (Å²) in [7, 11) is 0. The van der Waals surface area contributed by atoms with Gasteiger partial charge in [0.25, 0.3) is 0 Å². The number of hydrazine groups is 9. The molecule has 0 aliphatic carbocycles. The number of rotatable bonds is 8. The molecule has 0 aliphatic heterocycles. The Morgan fingerprint density at radius 2 is 1.64 bits per heavy atom. The van der Waals surface area contributed by atoms with E-state index in [4.69, 9.17) is 29.2 Å². The normalized spacial score (nSPS) is 12.0. The average Bonchev–Trinajstić information content (AvgIpc) is 2.13. The van der Waals surface area contributed by atoms with Crippen LogP contribution >= 0.6 is 0 Å². The molecule has 0 radical (unpaired) electrons. The topological polar surface area (TPSA) is 188 Å². The summed E-state index contributed by atoms with van der Waals surface area (Å²) in [5, 5.41) is 3.02. The van der Waals surface area contributed by atoms with Crippen LogP contribution in [0.4, 0.5) is 0 Å². The van der Waals surface area contributed by atoms with E-state index < -0.39 is 0 Å². The Morgan fingerprint density at radius 3 is 2.14 bits per heavy atom. The molecule has 12 heteroatoms. The summed E-state index contributed by atoms with van der Waals surface area (Å²) >= 11 is 0. The Bertz CT molecular complexity index is 123. The maximum atomic E-state index is 5.41. The number of hydrogen-bond acceptors (Lipinski definition) is 12. The highest BCUT2D eigenvalue weighted by Crippen LogP contribution is 1.63. The third-order valence-corrected chi connectivity index (χ3v) is 1.03. The first-order valence-electron chi connectivity index (χ1n) is 3.58. The lowest BCUT2D eigenvalue weighted by Gasteiger charge is -2.22. The minimum Gasteiger partial charge on any atom is -0.255 e. The Morgan fingerprint density at radius 1 is 1.00 bits per heavy atom. The van der Waals surface area contributed by atoms with Crippen molar-refractivity contribution in [2.24, 2.45) is 29.2 Å². The van der Waals surface area contributed by atoms with Crippen molar-refractivity contribution in [1.82, 2.24) is 37.4 Å². The van der Waals surface area contributed by atoms with Crippen LogP contribution < -0.4 is 51.1 Å². The van der Waals surface area contributed by atoms with Crippen LogP contribution in [0.2, 0.25) is 0 Å². The lowest BCUT2D eigenvalue weighted by atomic mass is 11.1. The molecule has 0 heterocycles. The molecule has 0 aromatic carbocycles. The van der Waals surface area contributed by atoms with Gasteiger partial charge < -0.3 is 0 Å². The van der Waals surface area contributed by atoms with E-state index in [9.17, 15) is 0 Å². The number of nitrogens with two attached hydrogens (primary N) is 5. The molecule has 0 aromatic rings. The highest BCUT2D eigenvalue weighted by atomic mass is 15.9. The summed E-state index contributed by atoms with van der Waals surface area (Å²) in [5.74, 6) is 25.8. The molecule has 0 atom stereocenters. The van der Waals surface area contributed by atoms with E-state index in [-0.39, 0.29) is 13.3 Å². The van der Waals surface area contributed by atoms with Crippen LogP contribution in [0.3, 0.4) is 0 Å². The molecule has 0 aromatic heterocycles. The minimum absolute atomic E-state index is 0.183. The standard InChI is InChI=1S/C2H18N12/c3-10-14(7)9-2-13(6)11-8-1-12(4)5/h8-11H,1-7H2. The summed E-state index contributed by atoms with van der Waals surface area (Å²) in [6.07, 6.45) is 0. The monoisotopic (exact) mass is 210 g/mol. The quantitative estimate of drug-likeness (QED) is 0.105. The van der Waals surface area contributed by atoms with Crippen LogP contribution in [0.1, 0.15) is 0 Å². The Kier molecular flexibility index (Phi) is 7.61. The first-order chi connectivity index (χ1) is 6.56. The predicted molar refractivity (Wildman–Crippen MR) is 48.7 cm³/mol. The Balaban J connectivity index is 3.32. The Hall–Kier alpha value is -0.480. The summed E-state index contributed by atoms with van der Waals surface area (Å²) in [5.41, 5.74) is 9.83. The largest absolute Gasteiger partial charge is 0.255 e. The van der Waals surface area contributed by atoms with Crippen molar-refractivity contribution < 1.29 is 0 Å². The first-order valence-corrected chi connectivity index (χ1v) is 3.58. The van der Waals surface area contributed by atoms with Gasteiger partial charge in [-0.3, -0.25) is 23.4 Å².